The van der Waals surface area contributed by atoms with Crippen molar-refractivity contribution in [2.24, 2.45) is 0 Å². The summed E-state index contributed by atoms with van der Waals surface area (Å²) in [4.78, 5) is 12.2. The molecule has 2 aromatic rings. The Balaban J connectivity index is 1.60. The van der Waals surface area contributed by atoms with Gasteiger partial charge in [0.2, 0.25) is 5.91 Å². The van der Waals surface area contributed by atoms with Gasteiger partial charge in [-0.2, -0.15) is 0 Å². The van der Waals surface area contributed by atoms with Gasteiger partial charge in [0.05, 0.1) is 37.3 Å². The van der Waals surface area contributed by atoms with Crippen LogP contribution in [0.25, 0.3) is 10.8 Å². The Bertz CT molecular complexity index is 716. The number of hydrogen-bond acceptors (Lipinski definition) is 5. The van der Waals surface area contributed by atoms with Crippen LogP contribution in [-0.4, -0.2) is 58.7 Å². The van der Waals surface area contributed by atoms with Gasteiger partial charge in [-0.3, -0.25) is 4.79 Å². The third-order valence-electron chi connectivity index (χ3n) is 4.55. The molecule has 1 aliphatic rings. The van der Waals surface area contributed by atoms with E-state index in [4.69, 9.17) is 5.11 Å². The minimum Gasteiger partial charge on any atom is -0.395 e. The number of amides is 1. The molecule has 5 N–H and O–H groups in total. The monoisotopic (exact) mass is 330 g/mol. The van der Waals surface area contributed by atoms with E-state index in [9.17, 15) is 15.0 Å². The minimum atomic E-state index is -1.03. The summed E-state index contributed by atoms with van der Waals surface area (Å²) in [6.45, 7) is -0.0724. The van der Waals surface area contributed by atoms with E-state index >= 15 is 0 Å². The summed E-state index contributed by atoms with van der Waals surface area (Å²) in [7, 11) is 0. The van der Waals surface area contributed by atoms with Crippen LogP contribution in [0, 0.1) is 0 Å². The lowest BCUT2D eigenvalue weighted by Gasteiger charge is -2.16. The van der Waals surface area contributed by atoms with Crippen molar-refractivity contribution in [1.29, 1.82) is 0 Å². The molecule has 128 valence electrons. The zero-order chi connectivity index (χ0) is 17.1. The number of benzene rings is 2. The van der Waals surface area contributed by atoms with Crippen LogP contribution >= 0.6 is 0 Å². The molecule has 2 aromatic carbocycles. The van der Waals surface area contributed by atoms with Gasteiger partial charge in [-0.25, -0.2) is 0 Å². The largest absolute Gasteiger partial charge is 0.395 e. The van der Waals surface area contributed by atoms with Crippen LogP contribution in [0.1, 0.15) is 5.56 Å². The molecule has 1 amide bonds. The summed E-state index contributed by atoms with van der Waals surface area (Å²) in [6, 6.07) is 12.7. The van der Waals surface area contributed by atoms with Crippen molar-refractivity contribution in [1.82, 2.24) is 10.6 Å². The lowest BCUT2D eigenvalue weighted by Crippen LogP contribution is -2.44. The number of carbonyl (C=O) groups excluding carboxylic acids is 1. The molecule has 4 atom stereocenters. The van der Waals surface area contributed by atoms with E-state index in [1.807, 2.05) is 42.5 Å². The van der Waals surface area contributed by atoms with Crippen LogP contribution in [0.2, 0.25) is 0 Å². The number of rotatable bonds is 5. The molecular formula is C18H22N2O4. The fourth-order valence-corrected chi connectivity index (χ4v) is 3.19. The third kappa shape index (κ3) is 3.42. The molecule has 1 saturated heterocycles. The van der Waals surface area contributed by atoms with Gasteiger partial charge in [-0.1, -0.05) is 42.5 Å². The Morgan fingerprint density at radius 2 is 1.75 bits per heavy atom. The van der Waals surface area contributed by atoms with Crippen molar-refractivity contribution >= 4 is 16.7 Å². The zero-order valence-corrected chi connectivity index (χ0v) is 13.2. The summed E-state index contributed by atoms with van der Waals surface area (Å²) in [5.74, 6) is -0.151. The Hall–Kier alpha value is -1.99. The highest BCUT2D eigenvalue weighted by Gasteiger charge is 2.40. The molecule has 1 aliphatic heterocycles. The first-order chi connectivity index (χ1) is 11.6. The molecule has 0 spiro atoms. The topological polar surface area (TPSA) is 102 Å². The minimum absolute atomic E-state index is 0.151. The Morgan fingerprint density at radius 1 is 1.04 bits per heavy atom. The Kier molecular flexibility index (Phi) is 5.11. The maximum Gasteiger partial charge on any atom is 0.224 e. The highest BCUT2D eigenvalue weighted by Crippen LogP contribution is 2.19. The predicted octanol–water partition coefficient (Wildman–Crippen LogP) is -0.447. The van der Waals surface area contributed by atoms with E-state index in [0.717, 1.165) is 16.3 Å². The molecule has 0 aromatic heterocycles. The average Bonchev–Trinajstić information content (AvgIpc) is 2.88. The van der Waals surface area contributed by atoms with Crippen molar-refractivity contribution in [3.8, 4) is 0 Å². The lowest BCUT2D eigenvalue weighted by atomic mass is 10.0. The maximum absolute atomic E-state index is 12.2. The van der Waals surface area contributed by atoms with Gasteiger partial charge in [0, 0.05) is 6.54 Å². The average molecular weight is 330 g/mol. The van der Waals surface area contributed by atoms with Crippen molar-refractivity contribution in [3.05, 3.63) is 48.0 Å². The predicted molar refractivity (Wildman–Crippen MR) is 90.5 cm³/mol. The van der Waals surface area contributed by atoms with Crippen LogP contribution in [0.3, 0.4) is 0 Å². The molecule has 0 radical (unpaired) electrons. The standard InChI is InChI=1S/C18H22N2O4/c21-10-15-18(24)17(23)14(20-15)9-19-16(22)8-12-6-3-5-11-4-1-2-7-13(11)12/h1-7,14-15,17-18,20-21,23-24H,8-10H2,(H,19,22)/t14-,15-,17-,18-/m1/s1. The summed E-state index contributed by atoms with van der Waals surface area (Å²) < 4.78 is 0. The molecule has 0 aliphatic carbocycles. The van der Waals surface area contributed by atoms with Crippen molar-refractivity contribution in [3.63, 3.8) is 0 Å². The molecule has 1 heterocycles. The second-order valence-corrected chi connectivity index (χ2v) is 6.16. The highest BCUT2D eigenvalue weighted by atomic mass is 16.3. The van der Waals surface area contributed by atoms with E-state index < -0.39 is 24.3 Å². The number of fused-ring (bicyclic) bond motifs is 1. The smallest absolute Gasteiger partial charge is 0.224 e. The Labute approximate surface area is 140 Å². The van der Waals surface area contributed by atoms with Gasteiger partial charge in [0.1, 0.15) is 0 Å². The van der Waals surface area contributed by atoms with Crippen LogP contribution in [0.5, 0.6) is 0 Å². The number of hydrogen-bond donors (Lipinski definition) is 5. The molecule has 1 fully saturated rings. The summed E-state index contributed by atoms with van der Waals surface area (Å²) in [5.41, 5.74) is 0.943. The first kappa shape index (κ1) is 16.9. The van der Waals surface area contributed by atoms with Gasteiger partial charge >= 0.3 is 0 Å². The second-order valence-electron chi connectivity index (χ2n) is 6.16. The van der Waals surface area contributed by atoms with E-state index in [2.05, 4.69) is 10.6 Å². The van der Waals surface area contributed by atoms with Crippen molar-refractivity contribution < 1.29 is 20.1 Å². The number of carbonyl (C=O) groups is 1. The van der Waals surface area contributed by atoms with Gasteiger partial charge in [-0.05, 0) is 16.3 Å². The normalized spacial score (nSPS) is 26.6. The van der Waals surface area contributed by atoms with E-state index in [-0.39, 0.29) is 25.5 Å². The fraction of sp³-hybridized carbons (Fsp3) is 0.389. The summed E-state index contributed by atoms with van der Waals surface area (Å²) in [6.07, 6.45) is -1.80. The molecule has 0 bridgehead atoms. The zero-order valence-electron chi connectivity index (χ0n) is 13.2. The number of aliphatic hydroxyl groups excluding tert-OH is 3. The molecule has 3 rings (SSSR count). The van der Waals surface area contributed by atoms with Gasteiger partial charge in [0.25, 0.3) is 0 Å². The van der Waals surface area contributed by atoms with Gasteiger partial charge in [-0.15, -0.1) is 0 Å². The van der Waals surface area contributed by atoms with Crippen LogP contribution in [-0.2, 0) is 11.2 Å². The SMILES string of the molecule is O=C(Cc1cccc2ccccc12)NC[C@H]1N[C@H](CO)[C@@H](O)[C@@H]1O. The van der Waals surface area contributed by atoms with Crippen molar-refractivity contribution in [2.45, 2.75) is 30.7 Å². The molecule has 6 heteroatoms. The molecule has 0 saturated carbocycles. The van der Waals surface area contributed by atoms with Crippen LogP contribution in [0.15, 0.2) is 42.5 Å². The highest BCUT2D eigenvalue weighted by molar-refractivity contribution is 5.90. The number of aliphatic hydroxyl groups is 3. The molecule has 24 heavy (non-hydrogen) atoms. The van der Waals surface area contributed by atoms with Crippen molar-refractivity contribution in [2.75, 3.05) is 13.2 Å². The summed E-state index contributed by atoms with van der Waals surface area (Å²) >= 11 is 0. The molecule has 6 nitrogen and oxygen atoms in total. The van der Waals surface area contributed by atoms with E-state index in [1.165, 1.54) is 0 Å². The second kappa shape index (κ2) is 7.27. The van der Waals surface area contributed by atoms with Crippen LogP contribution in [0.4, 0.5) is 0 Å². The first-order valence-electron chi connectivity index (χ1n) is 8.06. The maximum atomic E-state index is 12.2. The number of nitrogens with one attached hydrogen (secondary N) is 2. The summed E-state index contributed by atoms with van der Waals surface area (Å²) in [5, 5.41) is 36.7. The first-order valence-corrected chi connectivity index (χ1v) is 8.06. The quantitative estimate of drug-likeness (QED) is 0.511. The van der Waals surface area contributed by atoms with E-state index in [1.54, 1.807) is 0 Å². The lowest BCUT2D eigenvalue weighted by molar-refractivity contribution is -0.120. The van der Waals surface area contributed by atoms with Gasteiger partial charge in [0.15, 0.2) is 0 Å². The van der Waals surface area contributed by atoms with Gasteiger partial charge < -0.3 is 26.0 Å². The third-order valence-corrected chi connectivity index (χ3v) is 4.55. The molecular weight excluding hydrogens is 308 g/mol. The Morgan fingerprint density at radius 3 is 2.50 bits per heavy atom. The van der Waals surface area contributed by atoms with E-state index in [0.29, 0.717) is 0 Å². The van der Waals surface area contributed by atoms with Crippen LogP contribution < -0.4 is 10.6 Å². The molecule has 0 unspecified atom stereocenters. The fourth-order valence-electron chi connectivity index (χ4n) is 3.19.